The first-order chi connectivity index (χ1) is 14.0. The molecule has 0 spiro atoms. The normalized spacial score (nSPS) is 12.2. The highest BCUT2D eigenvalue weighted by atomic mass is 16.5. The van der Waals surface area contributed by atoms with Crippen LogP contribution >= 0.6 is 0 Å². The van der Waals surface area contributed by atoms with Crippen molar-refractivity contribution in [1.82, 2.24) is 10.2 Å². The number of carbonyl (C=O) groups excluding carboxylic acids is 2. The molecular formula is C25H34N2O3. The van der Waals surface area contributed by atoms with Crippen molar-refractivity contribution in [3.8, 4) is 5.75 Å². The van der Waals surface area contributed by atoms with Crippen LogP contribution in [0.1, 0.15) is 49.9 Å². The average molecular weight is 411 g/mol. The lowest BCUT2D eigenvalue weighted by molar-refractivity contribution is -0.142. The van der Waals surface area contributed by atoms with Crippen LogP contribution in [0.15, 0.2) is 42.5 Å². The standard InChI is InChI=1S/C25H34N2O3/c1-17-9-8-10-21(13-17)15-27(20(4)24(29)26-25(5,6)7)23(28)16-30-22-12-11-18(2)19(3)14-22/h8-14,20H,15-16H2,1-7H3,(H,26,29). The highest BCUT2D eigenvalue weighted by Gasteiger charge is 2.28. The van der Waals surface area contributed by atoms with Crippen molar-refractivity contribution < 1.29 is 14.3 Å². The van der Waals surface area contributed by atoms with Gasteiger partial charge in [0.2, 0.25) is 5.91 Å². The van der Waals surface area contributed by atoms with Crippen LogP contribution in [0, 0.1) is 20.8 Å². The summed E-state index contributed by atoms with van der Waals surface area (Å²) in [7, 11) is 0. The minimum Gasteiger partial charge on any atom is -0.484 e. The third kappa shape index (κ3) is 6.90. The highest BCUT2D eigenvalue weighted by Crippen LogP contribution is 2.17. The van der Waals surface area contributed by atoms with Gasteiger partial charge in [-0.25, -0.2) is 0 Å². The molecule has 2 aromatic carbocycles. The molecule has 1 unspecified atom stereocenters. The first-order valence-corrected chi connectivity index (χ1v) is 10.3. The van der Waals surface area contributed by atoms with Crippen LogP contribution in [0.2, 0.25) is 0 Å². The van der Waals surface area contributed by atoms with Gasteiger partial charge in [0, 0.05) is 12.1 Å². The van der Waals surface area contributed by atoms with Gasteiger partial charge in [-0.3, -0.25) is 9.59 Å². The molecule has 2 aromatic rings. The SMILES string of the molecule is Cc1cccc(CN(C(=O)COc2ccc(C)c(C)c2)C(C)C(=O)NC(C)(C)C)c1. The molecule has 0 aromatic heterocycles. The van der Waals surface area contributed by atoms with Gasteiger partial charge >= 0.3 is 0 Å². The number of nitrogens with one attached hydrogen (secondary N) is 1. The molecule has 0 radical (unpaired) electrons. The molecule has 5 nitrogen and oxygen atoms in total. The quantitative estimate of drug-likeness (QED) is 0.739. The summed E-state index contributed by atoms with van der Waals surface area (Å²) in [6.07, 6.45) is 0. The molecule has 5 heteroatoms. The second-order valence-electron chi connectivity index (χ2n) is 8.96. The molecule has 30 heavy (non-hydrogen) atoms. The van der Waals surface area contributed by atoms with Crippen LogP contribution in [0.25, 0.3) is 0 Å². The second-order valence-corrected chi connectivity index (χ2v) is 8.96. The summed E-state index contributed by atoms with van der Waals surface area (Å²) >= 11 is 0. The smallest absolute Gasteiger partial charge is 0.261 e. The fourth-order valence-electron chi connectivity index (χ4n) is 3.10. The Bertz CT molecular complexity index is 900. The van der Waals surface area contributed by atoms with Gasteiger partial charge in [0.05, 0.1) is 0 Å². The maximum Gasteiger partial charge on any atom is 0.261 e. The third-order valence-corrected chi connectivity index (χ3v) is 4.94. The Labute approximate surface area is 180 Å². The van der Waals surface area contributed by atoms with Crippen molar-refractivity contribution in [1.29, 1.82) is 0 Å². The summed E-state index contributed by atoms with van der Waals surface area (Å²) in [4.78, 5) is 27.4. The van der Waals surface area contributed by atoms with Crippen LogP contribution in [0.3, 0.4) is 0 Å². The number of aryl methyl sites for hydroxylation is 3. The summed E-state index contributed by atoms with van der Waals surface area (Å²) in [5, 5.41) is 2.97. The topological polar surface area (TPSA) is 58.6 Å². The first-order valence-electron chi connectivity index (χ1n) is 10.3. The van der Waals surface area contributed by atoms with Gasteiger partial charge in [-0.2, -0.15) is 0 Å². The number of nitrogens with zero attached hydrogens (tertiary/aromatic N) is 1. The summed E-state index contributed by atoms with van der Waals surface area (Å²) in [5.74, 6) is 0.231. The van der Waals surface area contributed by atoms with Crippen molar-refractivity contribution in [3.63, 3.8) is 0 Å². The van der Waals surface area contributed by atoms with E-state index in [9.17, 15) is 9.59 Å². The number of hydrogen-bond acceptors (Lipinski definition) is 3. The van der Waals surface area contributed by atoms with Crippen molar-refractivity contribution in [2.24, 2.45) is 0 Å². The molecule has 0 heterocycles. The summed E-state index contributed by atoms with van der Waals surface area (Å²) in [6, 6.07) is 13.1. The van der Waals surface area contributed by atoms with E-state index in [0.29, 0.717) is 12.3 Å². The Morgan fingerprint density at radius 2 is 1.73 bits per heavy atom. The Morgan fingerprint density at radius 3 is 2.33 bits per heavy atom. The van der Waals surface area contributed by atoms with Crippen LogP contribution in [-0.2, 0) is 16.1 Å². The molecule has 1 atom stereocenters. The lowest BCUT2D eigenvalue weighted by Gasteiger charge is -2.31. The maximum absolute atomic E-state index is 13.1. The molecular weight excluding hydrogens is 376 g/mol. The van der Waals surface area contributed by atoms with E-state index in [4.69, 9.17) is 4.74 Å². The van der Waals surface area contributed by atoms with Crippen molar-refractivity contribution in [3.05, 3.63) is 64.7 Å². The van der Waals surface area contributed by atoms with Gasteiger partial charge in [-0.1, -0.05) is 35.9 Å². The molecule has 162 valence electrons. The van der Waals surface area contributed by atoms with E-state index in [0.717, 1.165) is 16.7 Å². The summed E-state index contributed by atoms with van der Waals surface area (Å²) in [5.41, 5.74) is 3.99. The molecule has 0 fully saturated rings. The number of hydrogen-bond donors (Lipinski definition) is 1. The second kappa shape index (κ2) is 9.79. The Balaban J connectivity index is 2.18. The lowest BCUT2D eigenvalue weighted by Crippen LogP contribution is -2.53. The predicted molar refractivity (Wildman–Crippen MR) is 120 cm³/mol. The zero-order valence-electron chi connectivity index (χ0n) is 19.2. The minimum absolute atomic E-state index is 0.124. The fourth-order valence-corrected chi connectivity index (χ4v) is 3.10. The van der Waals surface area contributed by atoms with Gasteiger partial charge < -0.3 is 15.0 Å². The number of ether oxygens (including phenoxy) is 1. The summed E-state index contributed by atoms with van der Waals surface area (Å²) in [6.45, 7) is 13.8. The van der Waals surface area contributed by atoms with Gasteiger partial charge in [-0.15, -0.1) is 0 Å². The van der Waals surface area contributed by atoms with E-state index >= 15 is 0 Å². The average Bonchev–Trinajstić information content (AvgIpc) is 2.65. The first kappa shape index (κ1) is 23.5. The Morgan fingerprint density at radius 1 is 1.03 bits per heavy atom. The van der Waals surface area contributed by atoms with E-state index in [1.807, 2.05) is 84.0 Å². The van der Waals surface area contributed by atoms with E-state index in [-0.39, 0.29) is 24.0 Å². The van der Waals surface area contributed by atoms with Crippen molar-refractivity contribution in [2.45, 2.75) is 66.6 Å². The van der Waals surface area contributed by atoms with Crippen LogP contribution in [0.5, 0.6) is 5.75 Å². The van der Waals surface area contributed by atoms with E-state index in [1.54, 1.807) is 11.8 Å². The van der Waals surface area contributed by atoms with E-state index in [2.05, 4.69) is 5.32 Å². The van der Waals surface area contributed by atoms with Crippen LogP contribution < -0.4 is 10.1 Å². The molecule has 1 N–H and O–H groups in total. The number of benzene rings is 2. The molecule has 0 saturated heterocycles. The third-order valence-electron chi connectivity index (χ3n) is 4.94. The van der Waals surface area contributed by atoms with Gasteiger partial charge in [0.25, 0.3) is 5.91 Å². The molecule has 0 saturated carbocycles. The van der Waals surface area contributed by atoms with Gasteiger partial charge in [-0.05, 0) is 77.3 Å². The van der Waals surface area contributed by atoms with Crippen LogP contribution in [-0.4, -0.2) is 34.9 Å². The minimum atomic E-state index is -0.624. The zero-order valence-corrected chi connectivity index (χ0v) is 19.2. The van der Waals surface area contributed by atoms with Gasteiger partial charge in [0.1, 0.15) is 11.8 Å². The fraction of sp³-hybridized carbons (Fsp3) is 0.440. The largest absolute Gasteiger partial charge is 0.484 e. The molecule has 0 aliphatic carbocycles. The van der Waals surface area contributed by atoms with E-state index < -0.39 is 6.04 Å². The van der Waals surface area contributed by atoms with E-state index in [1.165, 1.54) is 5.56 Å². The van der Waals surface area contributed by atoms with Crippen molar-refractivity contribution >= 4 is 11.8 Å². The molecule has 0 aliphatic heterocycles. The lowest BCUT2D eigenvalue weighted by atomic mass is 10.1. The predicted octanol–water partition coefficient (Wildman–Crippen LogP) is 4.32. The molecule has 0 aliphatic rings. The number of amides is 2. The number of rotatable bonds is 7. The Kier molecular flexibility index (Phi) is 7.65. The molecule has 2 amide bonds. The number of carbonyl (C=O) groups is 2. The monoisotopic (exact) mass is 410 g/mol. The van der Waals surface area contributed by atoms with Crippen LogP contribution in [0.4, 0.5) is 0 Å². The maximum atomic E-state index is 13.1. The molecule has 2 rings (SSSR count). The summed E-state index contributed by atoms with van der Waals surface area (Å²) < 4.78 is 5.75. The van der Waals surface area contributed by atoms with Gasteiger partial charge in [0.15, 0.2) is 6.61 Å². The highest BCUT2D eigenvalue weighted by molar-refractivity contribution is 5.88. The molecule has 0 bridgehead atoms. The Hall–Kier alpha value is -2.82. The zero-order chi connectivity index (χ0) is 22.5. The van der Waals surface area contributed by atoms with Crippen molar-refractivity contribution in [2.75, 3.05) is 6.61 Å².